The normalized spacial score (nSPS) is 12.4. The molecule has 0 spiro atoms. The molecule has 0 bridgehead atoms. The Morgan fingerprint density at radius 1 is 0.905 bits per heavy atom. The van der Waals surface area contributed by atoms with E-state index in [2.05, 4.69) is 5.43 Å². The fraction of sp³-hybridized carbons (Fsp3) is 0.200. The molecule has 0 aliphatic heterocycles. The zero-order chi connectivity index (χ0) is 15.4. The number of hydrogen-bond acceptors (Lipinski definition) is 2. The smallest absolute Gasteiger partial charge is 0.0453 e. The third kappa shape index (κ3) is 4.49. The van der Waals surface area contributed by atoms with Crippen molar-refractivity contribution < 1.29 is 0 Å². The molecule has 0 aliphatic rings. The average molecular weight is 364 g/mol. The molecule has 0 aliphatic carbocycles. The van der Waals surface area contributed by atoms with Crippen molar-refractivity contribution in [3.05, 3.63) is 67.6 Å². The Morgan fingerprint density at radius 3 is 2.19 bits per heavy atom. The predicted octanol–water partition coefficient (Wildman–Crippen LogP) is 4.92. The highest BCUT2D eigenvalue weighted by molar-refractivity contribution is 6.36. The van der Waals surface area contributed by atoms with E-state index in [0.29, 0.717) is 32.9 Å². The van der Waals surface area contributed by atoms with E-state index in [9.17, 15) is 0 Å². The van der Waals surface area contributed by atoms with E-state index in [1.807, 2.05) is 24.3 Å². The Labute approximate surface area is 144 Å². The fourth-order valence-corrected chi connectivity index (χ4v) is 3.07. The highest BCUT2D eigenvalue weighted by Crippen LogP contribution is 2.27. The van der Waals surface area contributed by atoms with Crippen LogP contribution in [-0.4, -0.2) is 6.04 Å². The minimum Gasteiger partial charge on any atom is -0.271 e. The molecule has 0 fully saturated rings. The Hall–Kier alpha value is -0.480. The number of nitrogens with two attached hydrogens (primary N) is 1. The van der Waals surface area contributed by atoms with E-state index in [1.54, 1.807) is 12.1 Å². The molecule has 0 heterocycles. The van der Waals surface area contributed by atoms with Crippen LogP contribution in [-0.2, 0) is 12.8 Å². The monoisotopic (exact) mass is 362 g/mol. The van der Waals surface area contributed by atoms with E-state index in [0.717, 1.165) is 11.1 Å². The van der Waals surface area contributed by atoms with Gasteiger partial charge in [0, 0.05) is 26.1 Å². The first-order valence-electron chi connectivity index (χ1n) is 6.34. The van der Waals surface area contributed by atoms with Crippen LogP contribution in [0.2, 0.25) is 20.1 Å². The second kappa shape index (κ2) is 7.68. The van der Waals surface area contributed by atoms with Crippen LogP contribution in [0.15, 0.2) is 36.4 Å². The van der Waals surface area contributed by atoms with Crippen LogP contribution >= 0.6 is 46.4 Å². The Balaban J connectivity index is 2.19. The maximum Gasteiger partial charge on any atom is 0.0453 e. The molecule has 1 unspecified atom stereocenters. The van der Waals surface area contributed by atoms with E-state index in [1.165, 1.54) is 0 Å². The van der Waals surface area contributed by atoms with Crippen LogP contribution < -0.4 is 11.3 Å². The lowest BCUT2D eigenvalue weighted by Gasteiger charge is -2.18. The summed E-state index contributed by atoms with van der Waals surface area (Å²) in [4.78, 5) is 0. The molecule has 0 radical (unpaired) electrons. The summed E-state index contributed by atoms with van der Waals surface area (Å²) >= 11 is 24.6. The predicted molar refractivity (Wildman–Crippen MR) is 91.4 cm³/mol. The molecule has 1 atom stereocenters. The Morgan fingerprint density at radius 2 is 1.57 bits per heavy atom. The molecule has 21 heavy (non-hydrogen) atoms. The molecule has 2 rings (SSSR count). The summed E-state index contributed by atoms with van der Waals surface area (Å²) < 4.78 is 0. The highest BCUT2D eigenvalue weighted by Gasteiger charge is 2.15. The highest BCUT2D eigenvalue weighted by atomic mass is 35.5. The summed E-state index contributed by atoms with van der Waals surface area (Å²) in [5.41, 5.74) is 4.57. The van der Waals surface area contributed by atoms with Crippen molar-refractivity contribution in [2.24, 2.45) is 5.84 Å². The van der Waals surface area contributed by atoms with Crippen molar-refractivity contribution in [3.63, 3.8) is 0 Å². The van der Waals surface area contributed by atoms with Gasteiger partial charge in [-0.25, -0.2) is 0 Å². The molecule has 2 aromatic rings. The van der Waals surface area contributed by atoms with Gasteiger partial charge in [-0.1, -0.05) is 52.5 Å². The van der Waals surface area contributed by atoms with Gasteiger partial charge >= 0.3 is 0 Å². The molecule has 6 heteroatoms. The van der Waals surface area contributed by atoms with Gasteiger partial charge in [-0.05, 0) is 54.3 Å². The van der Waals surface area contributed by atoms with Gasteiger partial charge in [-0.3, -0.25) is 11.3 Å². The van der Waals surface area contributed by atoms with Crippen LogP contribution in [0.4, 0.5) is 0 Å². The Kier molecular flexibility index (Phi) is 6.18. The lowest BCUT2D eigenvalue weighted by Crippen LogP contribution is -2.38. The van der Waals surface area contributed by atoms with Gasteiger partial charge in [-0.2, -0.15) is 0 Å². The lowest BCUT2D eigenvalue weighted by molar-refractivity contribution is 0.523. The SMILES string of the molecule is NNC(Cc1cc(Cl)ccc1Cl)Cc1c(Cl)cccc1Cl. The third-order valence-electron chi connectivity index (χ3n) is 3.22. The number of rotatable bonds is 5. The first kappa shape index (κ1) is 16.9. The molecule has 0 aromatic heterocycles. The second-order valence-corrected chi connectivity index (χ2v) is 6.37. The van der Waals surface area contributed by atoms with Gasteiger partial charge in [0.2, 0.25) is 0 Å². The number of hydrogen-bond donors (Lipinski definition) is 2. The van der Waals surface area contributed by atoms with Gasteiger partial charge in [-0.15, -0.1) is 0 Å². The molecule has 2 nitrogen and oxygen atoms in total. The van der Waals surface area contributed by atoms with Crippen molar-refractivity contribution in [1.29, 1.82) is 0 Å². The first-order valence-corrected chi connectivity index (χ1v) is 7.85. The van der Waals surface area contributed by atoms with E-state index < -0.39 is 0 Å². The van der Waals surface area contributed by atoms with Crippen molar-refractivity contribution in [1.82, 2.24) is 5.43 Å². The Bertz CT molecular complexity index is 611. The zero-order valence-corrected chi connectivity index (χ0v) is 14.1. The average Bonchev–Trinajstić information content (AvgIpc) is 2.45. The summed E-state index contributed by atoms with van der Waals surface area (Å²) in [5, 5.41) is 2.55. The number of hydrazine groups is 1. The van der Waals surface area contributed by atoms with Crippen molar-refractivity contribution in [2.75, 3.05) is 0 Å². The second-order valence-electron chi connectivity index (χ2n) is 4.71. The van der Waals surface area contributed by atoms with Crippen LogP contribution in [0.3, 0.4) is 0 Å². The topological polar surface area (TPSA) is 38.0 Å². The lowest BCUT2D eigenvalue weighted by atomic mass is 9.99. The fourth-order valence-electron chi connectivity index (χ4n) is 2.13. The molecule has 0 saturated carbocycles. The molecular weight excluding hydrogens is 350 g/mol. The molecule has 0 saturated heterocycles. The summed E-state index contributed by atoms with van der Waals surface area (Å²) in [6, 6.07) is 10.7. The van der Waals surface area contributed by atoms with Crippen molar-refractivity contribution in [2.45, 2.75) is 18.9 Å². The molecule has 3 N–H and O–H groups in total. The first-order chi connectivity index (χ1) is 10.0. The van der Waals surface area contributed by atoms with Crippen LogP contribution in [0, 0.1) is 0 Å². The molecule has 0 amide bonds. The standard InChI is InChI=1S/C15H14Cl4N2/c16-10-4-5-13(17)9(6-10)7-11(21-20)8-12-14(18)2-1-3-15(12)19/h1-6,11,21H,7-8,20H2. The largest absolute Gasteiger partial charge is 0.271 e. The molecular formula is C15H14Cl4N2. The van der Waals surface area contributed by atoms with Crippen LogP contribution in [0.1, 0.15) is 11.1 Å². The van der Waals surface area contributed by atoms with E-state index >= 15 is 0 Å². The van der Waals surface area contributed by atoms with Crippen molar-refractivity contribution in [3.8, 4) is 0 Å². The number of benzene rings is 2. The van der Waals surface area contributed by atoms with Gasteiger partial charge in [0.15, 0.2) is 0 Å². The maximum atomic E-state index is 6.19. The summed E-state index contributed by atoms with van der Waals surface area (Å²) in [6.07, 6.45) is 1.22. The summed E-state index contributed by atoms with van der Waals surface area (Å²) in [5.74, 6) is 5.64. The van der Waals surface area contributed by atoms with Gasteiger partial charge < -0.3 is 0 Å². The molecule has 112 valence electrons. The number of nitrogens with one attached hydrogen (secondary N) is 1. The minimum atomic E-state index is -0.0571. The summed E-state index contributed by atoms with van der Waals surface area (Å²) in [7, 11) is 0. The summed E-state index contributed by atoms with van der Waals surface area (Å²) in [6.45, 7) is 0. The van der Waals surface area contributed by atoms with Crippen LogP contribution in [0.25, 0.3) is 0 Å². The van der Waals surface area contributed by atoms with Gasteiger partial charge in [0.05, 0.1) is 0 Å². The van der Waals surface area contributed by atoms with Gasteiger partial charge in [0.1, 0.15) is 0 Å². The minimum absolute atomic E-state index is 0.0571. The third-order valence-corrected chi connectivity index (χ3v) is 4.53. The van der Waals surface area contributed by atoms with E-state index in [-0.39, 0.29) is 6.04 Å². The quantitative estimate of drug-likeness (QED) is 0.584. The van der Waals surface area contributed by atoms with E-state index in [4.69, 9.17) is 52.2 Å². The van der Waals surface area contributed by atoms with Gasteiger partial charge in [0.25, 0.3) is 0 Å². The molecule has 2 aromatic carbocycles. The number of halogens is 4. The van der Waals surface area contributed by atoms with Crippen LogP contribution in [0.5, 0.6) is 0 Å². The maximum absolute atomic E-state index is 6.19. The zero-order valence-electron chi connectivity index (χ0n) is 11.0. The van der Waals surface area contributed by atoms with Crippen molar-refractivity contribution >= 4 is 46.4 Å².